The van der Waals surface area contributed by atoms with Gasteiger partial charge in [0, 0.05) is 0 Å². The van der Waals surface area contributed by atoms with Crippen LogP contribution in [0.15, 0.2) is 69.6 Å². The van der Waals surface area contributed by atoms with Crippen molar-refractivity contribution in [3.05, 3.63) is 96.4 Å². The smallest absolute Gasteiger partial charge is 0.338 e. The molecule has 33 heavy (non-hydrogen) atoms. The van der Waals surface area contributed by atoms with E-state index in [2.05, 4.69) is 4.99 Å². The van der Waals surface area contributed by atoms with E-state index >= 15 is 0 Å². The molecule has 1 atom stereocenters. The lowest BCUT2D eigenvalue weighted by atomic mass is 9.96. The molecule has 0 radical (unpaired) electrons. The molecule has 1 aliphatic rings. The van der Waals surface area contributed by atoms with Gasteiger partial charge in [0.05, 0.1) is 35.1 Å². The Hall–Kier alpha value is -3.52. The molecular weight excluding hydrogens is 443 g/mol. The maximum Gasteiger partial charge on any atom is 0.338 e. The number of rotatable bonds is 5. The van der Waals surface area contributed by atoms with Crippen LogP contribution in [-0.2, 0) is 9.53 Å². The SMILES string of the molecule is COc1ccc([C@@H]2C(C(=O)OC(C)C)=C(C)N=c3s/c(=C\c4cccc(F)c4)c(=O)n32)cc1. The lowest BCUT2D eigenvalue weighted by Crippen LogP contribution is -2.40. The minimum atomic E-state index is -0.715. The summed E-state index contributed by atoms with van der Waals surface area (Å²) in [6.45, 7) is 5.27. The van der Waals surface area contributed by atoms with Crippen molar-refractivity contribution in [3.63, 3.8) is 0 Å². The Labute approximate surface area is 193 Å². The van der Waals surface area contributed by atoms with Crippen molar-refractivity contribution in [3.8, 4) is 5.75 Å². The number of carbonyl (C=O) groups is 1. The fraction of sp³-hybridized carbons (Fsp3) is 0.240. The maximum absolute atomic E-state index is 13.7. The summed E-state index contributed by atoms with van der Waals surface area (Å²) >= 11 is 1.19. The molecule has 2 aromatic carbocycles. The molecular formula is C25H23FN2O4S. The molecule has 0 unspecified atom stereocenters. The molecule has 6 nitrogen and oxygen atoms in total. The summed E-state index contributed by atoms with van der Waals surface area (Å²) in [7, 11) is 1.57. The Morgan fingerprint density at radius 3 is 2.58 bits per heavy atom. The molecule has 2 heterocycles. The summed E-state index contributed by atoms with van der Waals surface area (Å²) in [6, 6.07) is 12.5. The first-order chi connectivity index (χ1) is 15.8. The summed E-state index contributed by atoms with van der Waals surface area (Å²) in [4.78, 5) is 31.6. The zero-order valence-electron chi connectivity index (χ0n) is 18.7. The van der Waals surface area contributed by atoms with Gasteiger partial charge in [0.25, 0.3) is 5.56 Å². The quantitative estimate of drug-likeness (QED) is 0.541. The Kier molecular flexibility index (Phi) is 6.29. The predicted molar refractivity (Wildman–Crippen MR) is 124 cm³/mol. The van der Waals surface area contributed by atoms with Gasteiger partial charge in [-0.1, -0.05) is 35.6 Å². The Morgan fingerprint density at radius 1 is 1.21 bits per heavy atom. The van der Waals surface area contributed by atoms with Crippen molar-refractivity contribution < 1.29 is 18.7 Å². The number of allylic oxidation sites excluding steroid dienone is 1. The molecule has 0 saturated carbocycles. The number of fused-ring (bicyclic) bond motifs is 1. The molecule has 0 fully saturated rings. The molecule has 3 aromatic rings. The number of carbonyl (C=O) groups excluding carboxylic acids is 1. The fourth-order valence-electron chi connectivity index (χ4n) is 3.71. The van der Waals surface area contributed by atoms with Crippen LogP contribution in [0.1, 0.15) is 37.9 Å². The number of aromatic nitrogens is 1. The number of hydrogen-bond acceptors (Lipinski definition) is 6. The van der Waals surface area contributed by atoms with Crippen molar-refractivity contribution >= 4 is 23.4 Å². The standard InChI is InChI=1S/C25H23FN2O4S/c1-14(2)32-24(30)21-15(3)27-25-28(22(21)17-8-10-19(31-4)11-9-17)23(29)20(33-25)13-16-6-5-7-18(26)12-16/h5-14,22H,1-4H3/b20-13-/t22-/m1/s1. The zero-order valence-corrected chi connectivity index (χ0v) is 19.5. The molecule has 0 N–H and O–H groups in total. The highest BCUT2D eigenvalue weighted by Gasteiger charge is 2.33. The van der Waals surface area contributed by atoms with E-state index in [4.69, 9.17) is 9.47 Å². The van der Waals surface area contributed by atoms with Crippen LogP contribution in [0.4, 0.5) is 4.39 Å². The number of halogens is 1. The van der Waals surface area contributed by atoms with E-state index in [-0.39, 0.29) is 17.5 Å². The second-order valence-electron chi connectivity index (χ2n) is 7.86. The Bertz CT molecular complexity index is 1420. The third kappa shape index (κ3) is 4.52. The first kappa shape index (κ1) is 22.7. The van der Waals surface area contributed by atoms with Gasteiger partial charge in [-0.3, -0.25) is 9.36 Å². The van der Waals surface area contributed by atoms with Crippen LogP contribution in [0.5, 0.6) is 5.75 Å². The highest BCUT2D eigenvalue weighted by molar-refractivity contribution is 7.07. The second kappa shape index (κ2) is 9.15. The molecule has 1 aliphatic heterocycles. The minimum absolute atomic E-state index is 0.304. The number of thiazole rings is 1. The average Bonchev–Trinajstić information content (AvgIpc) is 3.07. The van der Waals surface area contributed by atoms with E-state index in [1.165, 1.54) is 28.0 Å². The van der Waals surface area contributed by atoms with Crippen LogP contribution in [-0.4, -0.2) is 23.8 Å². The van der Waals surface area contributed by atoms with Crippen LogP contribution in [0.25, 0.3) is 6.08 Å². The molecule has 0 aliphatic carbocycles. The Morgan fingerprint density at radius 2 is 1.94 bits per heavy atom. The molecule has 0 spiro atoms. The van der Waals surface area contributed by atoms with Gasteiger partial charge in [-0.05, 0) is 62.2 Å². The van der Waals surface area contributed by atoms with E-state index in [9.17, 15) is 14.0 Å². The van der Waals surface area contributed by atoms with E-state index in [0.717, 1.165) is 5.56 Å². The van der Waals surface area contributed by atoms with E-state index in [0.29, 0.717) is 31.9 Å². The predicted octanol–water partition coefficient (Wildman–Crippen LogP) is 3.33. The summed E-state index contributed by atoms with van der Waals surface area (Å²) < 4.78 is 26.3. The van der Waals surface area contributed by atoms with Gasteiger partial charge in [0.15, 0.2) is 4.80 Å². The van der Waals surface area contributed by atoms with Crippen LogP contribution in [0.2, 0.25) is 0 Å². The monoisotopic (exact) mass is 466 g/mol. The Balaban J connectivity index is 1.94. The number of esters is 1. The molecule has 0 amide bonds. The van der Waals surface area contributed by atoms with E-state index in [1.54, 1.807) is 58.2 Å². The normalized spacial score (nSPS) is 15.9. The van der Waals surface area contributed by atoms with Gasteiger partial charge >= 0.3 is 5.97 Å². The lowest BCUT2D eigenvalue weighted by molar-refractivity contribution is -0.143. The summed E-state index contributed by atoms with van der Waals surface area (Å²) in [5.41, 5.74) is 1.76. The first-order valence-electron chi connectivity index (χ1n) is 10.4. The number of benzene rings is 2. The third-order valence-corrected chi connectivity index (χ3v) is 6.15. The van der Waals surface area contributed by atoms with Crippen molar-refractivity contribution in [2.45, 2.75) is 32.9 Å². The molecule has 4 rings (SSSR count). The molecule has 0 bridgehead atoms. The number of methoxy groups -OCH3 is 1. The molecule has 170 valence electrons. The van der Waals surface area contributed by atoms with Crippen LogP contribution in [0, 0.1) is 5.82 Å². The topological polar surface area (TPSA) is 69.9 Å². The number of hydrogen-bond donors (Lipinski definition) is 0. The number of nitrogens with zero attached hydrogens (tertiary/aromatic N) is 2. The maximum atomic E-state index is 13.7. The van der Waals surface area contributed by atoms with E-state index < -0.39 is 12.0 Å². The van der Waals surface area contributed by atoms with Gasteiger partial charge in [-0.25, -0.2) is 14.2 Å². The van der Waals surface area contributed by atoms with Crippen molar-refractivity contribution in [2.75, 3.05) is 7.11 Å². The van der Waals surface area contributed by atoms with Crippen molar-refractivity contribution in [1.82, 2.24) is 4.57 Å². The van der Waals surface area contributed by atoms with Gasteiger partial charge in [-0.2, -0.15) is 0 Å². The van der Waals surface area contributed by atoms with Gasteiger partial charge < -0.3 is 9.47 Å². The largest absolute Gasteiger partial charge is 0.497 e. The summed E-state index contributed by atoms with van der Waals surface area (Å²) in [5, 5.41) is 0. The van der Waals surface area contributed by atoms with E-state index in [1.807, 2.05) is 12.1 Å². The molecule has 8 heteroatoms. The van der Waals surface area contributed by atoms with Gasteiger partial charge in [0.1, 0.15) is 11.6 Å². The highest BCUT2D eigenvalue weighted by Crippen LogP contribution is 2.31. The minimum Gasteiger partial charge on any atom is -0.497 e. The van der Waals surface area contributed by atoms with Crippen molar-refractivity contribution in [1.29, 1.82) is 0 Å². The van der Waals surface area contributed by atoms with Crippen LogP contribution in [0.3, 0.4) is 0 Å². The van der Waals surface area contributed by atoms with Gasteiger partial charge in [0.2, 0.25) is 0 Å². The third-order valence-electron chi connectivity index (χ3n) is 5.16. The fourth-order valence-corrected chi connectivity index (χ4v) is 4.76. The molecule has 1 aromatic heterocycles. The van der Waals surface area contributed by atoms with Crippen LogP contribution >= 0.6 is 11.3 Å². The molecule has 0 saturated heterocycles. The summed E-state index contributed by atoms with van der Waals surface area (Å²) in [5.74, 6) is -0.252. The lowest BCUT2D eigenvalue weighted by Gasteiger charge is -2.25. The van der Waals surface area contributed by atoms with Gasteiger partial charge in [-0.15, -0.1) is 0 Å². The summed E-state index contributed by atoms with van der Waals surface area (Å²) in [6.07, 6.45) is 1.30. The average molecular weight is 467 g/mol. The highest BCUT2D eigenvalue weighted by atomic mass is 32.1. The second-order valence-corrected chi connectivity index (χ2v) is 8.87. The number of ether oxygens (including phenoxy) is 2. The zero-order chi connectivity index (χ0) is 23.7. The first-order valence-corrected chi connectivity index (χ1v) is 11.2. The van der Waals surface area contributed by atoms with Crippen molar-refractivity contribution in [2.24, 2.45) is 4.99 Å². The van der Waals surface area contributed by atoms with Crippen LogP contribution < -0.4 is 19.6 Å².